The average molecular weight is 226 g/mol. The van der Waals surface area contributed by atoms with Crippen LogP contribution >= 0.6 is 0 Å². The van der Waals surface area contributed by atoms with Crippen molar-refractivity contribution in [3.63, 3.8) is 0 Å². The summed E-state index contributed by atoms with van der Waals surface area (Å²) in [5.74, 6) is 1.51. The first-order chi connectivity index (χ1) is 7.59. The van der Waals surface area contributed by atoms with Gasteiger partial charge < -0.3 is 11.1 Å². The number of nitrogens with one attached hydrogen (secondary N) is 1. The predicted octanol–water partition coefficient (Wildman–Crippen LogP) is 2.06. The Morgan fingerprint density at radius 1 is 1.38 bits per heavy atom. The Bertz CT molecular complexity index is 212. The number of amides is 1. The molecule has 0 spiro atoms. The van der Waals surface area contributed by atoms with Gasteiger partial charge in [-0.3, -0.25) is 4.79 Å². The molecule has 0 radical (unpaired) electrons. The van der Waals surface area contributed by atoms with Gasteiger partial charge in [0, 0.05) is 19.0 Å². The fraction of sp³-hybridized carbons (Fsp3) is 0.923. The lowest BCUT2D eigenvalue weighted by Crippen LogP contribution is -2.33. The third-order valence-corrected chi connectivity index (χ3v) is 3.18. The second-order valence-electron chi connectivity index (χ2n) is 5.44. The van der Waals surface area contributed by atoms with E-state index < -0.39 is 0 Å². The van der Waals surface area contributed by atoms with Crippen LogP contribution in [0.4, 0.5) is 0 Å². The molecule has 0 aromatic heterocycles. The molecule has 16 heavy (non-hydrogen) atoms. The molecule has 1 aliphatic rings. The summed E-state index contributed by atoms with van der Waals surface area (Å²) in [5.41, 5.74) is 5.89. The van der Waals surface area contributed by atoms with Crippen LogP contribution < -0.4 is 11.1 Å². The quantitative estimate of drug-likeness (QED) is 0.622. The van der Waals surface area contributed by atoms with Crippen molar-refractivity contribution in [3.05, 3.63) is 0 Å². The van der Waals surface area contributed by atoms with Crippen LogP contribution in [-0.2, 0) is 4.79 Å². The third-order valence-electron chi connectivity index (χ3n) is 3.18. The van der Waals surface area contributed by atoms with E-state index in [-0.39, 0.29) is 11.9 Å². The van der Waals surface area contributed by atoms with Crippen molar-refractivity contribution in [3.8, 4) is 0 Å². The molecule has 1 unspecified atom stereocenters. The lowest BCUT2D eigenvalue weighted by atomic mass is 10.1. The van der Waals surface area contributed by atoms with Gasteiger partial charge in [-0.05, 0) is 31.1 Å². The van der Waals surface area contributed by atoms with Gasteiger partial charge in [-0.2, -0.15) is 0 Å². The van der Waals surface area contributed by atoms with Gasteiger partial charge in [-0.25, -0.2) is 0 Å². The Morgan fingerprint density at radius 3 is 2.62 bits per heavy atom. The smallest absolute Gasteiger partial charge is 0.221 e. The fourth-order valence-electron chi connectivity index (χ4n) is 1.88. The summed E-state index contributed by atoms with van der Waals surface area (Å²) in [6, 6.07) is 0.0932. The van der Waals surface area contributed by atoms with Gasteiger partial charge >= 0.3 is 0 Å². The topological polar surface area (TPSA) is 55.1 Å². The molecule has 1 fully saturated rings. The van der Waals surface area contributed by atoms with Gasteiger partial charge in [0.2, 0.25) is 5.91 Å². The third kappa shape index (κ3) is 6.11. The zero-order chi connectivity index (χ0) is 12.0. The van der Waals surface area contributed by atoms with E-state index in [2.05, 4.69) is 19.2 Å². The van der Waals surface area contributed by atoms with E-state index in [0.717, 1.165) is 18.9 Å². The SMILES string of the molecule is CC(C)CCCCNC(=O)CC(N)C1CC1. The molecule has 1 amide bonds. The number of carbonyl (C=O) groups is 1. The summed E-state index contributed by atoms with van der Waals surface area (Å²) in [6.45, 7) is 5.27. The molecule has 0 aromatic carbocycles. The lowest BCUT2D eigenvalue weighted by Gasteiger charge is -2.10. The number of carbonyl (C=O) groups excluding carboxylic acids is 1. The van der Waals surface area contributed by atoms with Crippen LogP contribution in [0.1, 0.15) is 52.4 Å². The zero-order valence-corrected chi connectivity index (χ0v) is 10.7. The van der Waals surface area contributed by atoms with E-state index >= 15 is 0 Å². The van der Waals surface area contributed by atoms with Crippen LogP contribution in [0.2, 0.25) is 0 Å². The van der Waals surface area contributed by atoms with Crippen molar-refractivity contribution < 1.29 is 4.79 Å². The van der Waals surface area contributed by atoms with Crippen molar-refractivity contribution >= 4 is 5.91 Å². The summed E-state index contributed by atoms with van der Waals surface area (Å²) < 4.78 is 0. The molecule has 94 valence electrons. The summed E-state index contributed by atoms with van der Waals surface area (Å²) in [6.07, 6.45) is 6.47. The molecule has 1 atom stereocenters. The molecule has 1 rings (SSSR count). The van der Waals surface area contributed by atoms with E-state index in [9.17, 15) is 4.79 Å². The minimum absolute atomic E-state index is 0.0932. The van der Waals surface area contributed by atoms with Crippen molar-refractivity contribution in [1.29, 1.82) is 0 Å². The lowest BCUT2D eigenvalue weighted by molar-refractivity contribution is -0.121. The Morgan fingerprint density at radius 2 is 2.06 bits per heavy atom. The van der Waals surface area contributed by atoms with E-state index in [1.165, 1.54) is 25.7 Å². The molecule has 0 bridgehead atoms. The van der Waals surface area contributed by atoms with Crippen LogP contribution in [0.15, 0.2) is 0 Å². The van der Waals surface area contributed by atoms with Crippen molar-refractivity contribution in [1.82, 2.24) is 5.32 Å². The van der Waals surface area contributed by atoms with Gasteiger partial charge in [0.05, 0.1) is 0 Å². The molecule has 0 aliphatic heterocycles. The monoisotopic (exact) mass is 226 g/mol. The molecule has 3 heteroatoms. The average Bonchev–Trinajstić information content (AvgIpc) is 2.99. The second kappa shape index (κ2) is 6.89. The normalized spacial score (nSPS) is 17.5. The first-order valence-electron chi connectivity index (χ1n) is 6.62. The molecule has 1 aliphatic carbocycles. The second-order valence-corrected chi connectivity index (χ2v) is 5.44. The van der Waals surface area contributed by atoms with Crippen molar-refractivity contribution in [2.45, 2.75) is 58.4 Å². The largest absolute Gasteiger partial charge is 0.356 e. The Balaban J connectivity index is 1.93. The summed E-state index contributed by atoms with van der Waals surface area (Å²) in [5, 5.41) is 2.95. The van der Waals surface area contributed by atoms with Crippen LogP contribution in [0.25, 0.3) is 0 Å². The molecular weight excluding hydrogens is 200 g/mol. The Hall–Kier alpha value is -0.570. The van der Waals surface area contributed by atoms with E-state index in [0.29, 0.717) is 12.3 Å². The number of nitrogens with two attached hydrogens (primary N) is 1. The number of rotatable bonds is 8. The van der Waals surface area contributed by atoms with E-state index in [1.807, 2.05) is 0 Å². The van der Waals surface area contributed by atoms with Gasteiger partial charge in [0.15, 0.2) is 0 Å². The molecular formula is C13H26N2O. The predicted molar refractivity (Wildman–Crippen MR) is 67.0 cm³/mol. The van der Waals surface area contributed by atoms with Gasteiger partial charge in [-0.1, -0.05) is 26.7 Å². The summed E-state index contributed by atoms with van der Waals surface area (Å²) in [7, 11) is 0. The summed E-state index contributed by atoms with van der Waals surface area (Å²) >= 11 is 0. The van der Waals surface area contributed by atoms with Crippen LogP contribution in [0, 0.1) is 11.8 Å². The highest BCUT2D eigenvalue weighted by atomic mass is 16.1. The highest BCUT2D eigenvalue weighted by molar-refractivity contribution is 5.76. The number of hydrogen-bond donors (Lipinski definition) is 2. The maximum Gasteiger partial charge on any atom is 0.221 e. The first kappa shape index (κ1) is 13.5. The van der Waals surface area contributed by atoms with Crippen molar-refractivity contribution in [2.24, 2.45) is 17.6 Å². The number of unbranched alkanes of at least 4 members (excludes halogenated alkanes) is 1. The molecule has 1 saturated carbocycles. The maximum atomic E-state index is 11.5. The maximum absolute atomic E-state index is 11.5. The minimum Gasteiger partial charge on any atom is -0.356 e. The highest BCUT2D eigenvalue weighted by Gasteiger charge is 2.29. The highest BCUT2D eigenvalue weighted by Crippen LogP contribution is 2.32. The molecule has 3 N–H and O–H groups in total. The standard InChI is InChI=1S/C13H26N2O/c1-10(2)5-3-4-8-15-13(16)9-12(14)11-6-7-11/h10-12H,3-9,14H2,1-2H3,(H,15,16). The van der Waals surface area contributed by atoms with Gasteiger partial charge in [0.25, 0.3) is 0 Å². The van der Waals surface area contributed by atoms with Crippen LogP contribution in [0.3, 0.4) is 0 Å². The van der Waals surface area contributed by atoms with E-state index in [4.69, 9.17) is 5.73 Å². The Labute approximate surface area is 99.2 Å². The van der Waals surface area contributed by atoms with Crippen LogP contribution in [-0.4, -0.2) is 18.5 Å². The molecule has 0 saturated heterocycles. The van der Waals surface area contributed by atoms with E-state index in [1.54, 1.807) is 0 Å². The van der Waals surface area contributed by atoms with Gasteiger partial charge in [0.1, 0.15) is 0 Å². The zero-order valence-electron chi connectivity index (χ0n) is 10.7. The fourth-order valence-corrected chi connectivity index (χ4v) is 1.88. The number of hydrogen-bond acceptors (Lipinski definition) is 2. The minimum atomic E-state index is 0.0932. The van der Waals surface area contributed by atoms with Crippen LogP contribution in [0.5, 0.6) is 0 Å². The Kier molecular flexibility index (Phi) is 5.81. The first-order valence-corrected chi connectivity index (χ1v) is 6.62. The van der Waals surface area contributed by atoms with Crippen molar-refractivity contribution in [2.75, 3.05) is 6.54 Å². The van der Waals surface area contributed by atoms with Gasteiger partial charge in [-0.15, -0.1) is 0 Å². The molecule has 0 aromatic rings. The summed E-state index contributed by atoms with van der Waals surface area (Å²) in [4.78, 5) is 11.5. The molecule has 0 heterocycles. The molecule has 3 nitrogen and oxygen atoms in total.